The third-order valence-corrected chi connectivity index (χ3v) is 3.13. The number of pyridine rings is 1. The molecule has 0 fully saturated rings. The molecule has 0 aliphatic carbocycles. The fourth-order valence-corrected chi connectivity index (χ4v) is 2.02. The van der Waals surface area contributed by atoms with Crippen molar-refractivity contribution in [1.29, 1.82) is 0 Å². The van der Waals surface area contributed by atoms with E-state index in [1.807, 2.05) is 0 Å². The van der Waals surface area contributed by atoms with Crippen molar-refractivity contribution >= 4 is 43.6 Å². The maximum Gasteiger partial charge on any atom is 0.262 e. The largest absolute Gasteiger partial charge is 0.306 e. The van der Waals surface area contributed by atoms with Crippen LogP contribution in [0.5, 0.6) is 0 Å². The number of hydrogen-bond donors (Lipinski definition) is 1. The van der Waals surface area contributed by atoms with Gasteiger partial charge in [-0.05, 0) is 40.2 Å². The summed E-state index contributed by atoms with van der Waals surface area (Å²) in [5.74, 6) is -2.57. The average Bonchev–Trinajstić information content (AvgIpc) is 2.30. The molecule has 1 aromatic carbocycles. The number of anilines is 1. The second kappa shape index (κ2) is 5.75. The minimum Gasteiger partial charge on any atom is -0.306 e. The third-order valence-electron chi connectivity index (χ3n) is 2.20. The summed E-state index contributed by atoms with van der Waals surface area (Å²) in [4.78, 5) is 15.7. The van der Waals surface area contributed by atoms with Crippen LogP contribution in [0.4, 0.5) is 14.6 Å². The number of hydrogen-bond acceptors (Lipinski definition) is 2. The smallest absolute Gasteiger partial charge is 0.262 e. The predicted octanol–water partition coefficient (Wildman–Crippen LogP) is 4.14. The van der Waals surface area contributed by atoms with Gasteiger partial charge in [-0.2, -0.15) is 0 Å². The Kier molecular flexibility index (Phi) is 4.26. The first-order chi connectivity index (χ1) is 8.97. The van der Waals surface area contributed by atoms with E-state index < -0.39 is 23.1 Å². The van der Waals surface area contributed by atoms with Crippen LogP contribution in [0.2, 0.25) is 0 Å². The highest BCUT2D eigenvalue weighted by Crippen LogP contribution is 2.20. The van der Waals surface area contributed by atoms with Gasteiger partial charge in [0.05, 0.1) is 0 Å². The SMILES string of the molecule is O=C(Nc1ccc(Br)cn1)c1c(F)cc(Br)cc1F. The maximum absolute atomic E-state index is 13.6. The van der Waals surface area contributed by atoms with Crippen LogP contribution in [-0.4, -0.2) is 10.9 Å². The van der Waals surface area contributed by atoms with E-state index in [1.54, 1.807) is 6.07 Å². The van der Waals surface area contributed by atoms with Gasteiger partial charge in [0.25, 0.3) is 5.91 Å². The molecule has 1 N–H and O–H groups in total. The fourth-order valence-electron chi connectivity index (χ4n) is 1.39. The number of halogens is 4. The topological polar surface area (TPSA) is 42.0 Å². The Morgan fingerprint density at radius 2 is 1.74 bits per heavy atom. The second-order valence-electron chi connectivity index (χ2n) is 3.56. The molecule has 0 aliphatic heterocycles. The van der Waals surface area contributed by atoms with Gasteiger partial charge in [0.2, 0.25) is 0 Å². The minimum absolute atomic E-state index is 0.204. The molecule has 0 unspecified atom stereocenters. The van der Waals surface area contributed by atoms with Crippen molar-refractivity contribution in [3.05, 3.63) is 56.6 Å². The highest BCUT2D eigenvalue weighted by molar-refractivity contribution is 9.10. The van der Waals surface area contributed by atoms with Crippen LogP contribution >= 0.6 is 31.9 Å². The molecular formula is C12H6Br2F2N2O. The van der Waals surface area contributed by atoms with E-state index in [0.29, 0.717) is 0 Å². The summed E-state index contributed by atoms with van der Waals surface area (Å²) >= 11 is 6.13. The van der Waals surface area contributed by atoms with E-state index in [4.69, 9.17) is 0 Å². The quantitative estimate of drug-likeness (QED) is 0.835. The van der Waals surface area contributed by atoms with Gasteiger partial charge in [0.15, 0.2) is 0 Å². The zero-order chi connectivity index (χ0) is 14.0. The van der Waals surface area contributed by atoms with Crippen molar-refractivity contribution in [1.82, 2.24) is 4.98 Å². The van der Waals surface area contributed by atoms with Crippen LogP contribution in [0.1, 0.15) is 10.4 Å². The monoisotopic (exact) mass is 390 g/mol. The zero-order valence-corrected chi connectivity index (χ0v) is 12.4. The summed E-state index contributed by atoms with van der Waals surface area (Å²) in [5.41, 5.74) is -0.645. The molecule has 19 heavy (non-hydrogen) atoms. The van der Waals surface area contributed by atoms with E-state index in [-0.39, 0.29) is 10.3 Å². The van der Waals surface area contributed by atoms with Gasteiger partial charge in [-0.25, -0.2) is 13.8 Å². The average molecular weight is 392 g/mol. The van der Waals surface area contributed by atoms with Crippen molar-refractivity contribution in [2.75, 3.05) is 5.32 Å². The number of benzene rings is 1. The Labute approximate surface area is 124 Å². The van der Waals surface area contributed by atoms with Crippen molar-refractivity contribution in [3.8, 4) is 0 Å². The number of nitrogens with zero attached hydrogens (tertiary/aromatic N) is 1. The summed E-state index contributed by atoms with van der Waals surface area (Å²) in [6.07, 6.45) is 1.46. The lowest BCUT2D eigenvalue weighted by Gasteiger charge is -2.07. The molecule has 1 aromatic heterocycles. The summed E-state index contributed by atoms with van der Waals surface area (Å²) < 4.78 is 28.1. The highest BCUT2D eigenvalue weighted by atomic mass is 79.9. The summed E-state index contributed by atoms with van der Waals surface area (Å²) in [5, 5.41) is 2.32. The molecule has 2 rings (SSSR count). The molecule has 1 amide bonds. The van der Waals surface area contributed by atoms with E-state index in [9.17, 15) is 13.6 Å². The van der Waals surface area contributed by atoms with Gasteiger partial charge in [-0.3, -0.25) is 4.79 Å². The van der Waals surface area contributed by atoms with Gasteiger partial charge in [-0.1, -0.05) is 15.9 Å². The molecule has 0 atom stereocenters. The normalized spacial score (nSPS) is 10.3. The number of rotatable bonds is 2. The van der Waals surface area contributed by atoms with Crippen LogP contribution in [0.3, 0.4) is 0 Å². The molecular weight excluding hydrogens is 386 g/mol. The number of carbonyl (C=O) groups is 1. The van der Waals surface area contributed by atoms with Crippen LogP contribution in [0.15, 0.2) is 39.4 Å². The summed E-state index contributed by atoms with van der Waals surface area (Å²) in [6, 6.07) is 5.20. The first-order valence-electron chi connectivity index (χ1n) is 5.05. The molecule has 0 aliphatic rings. The summed E-state index contributed by atoms with van der Waals surface area (Å²) in [7, 11) is 0. The number of carbonyl (C=O) groups excluding carboxylic acids is 1. The Hall–Kier alpha value is -1.34. The lowest BCUT2D eigenvalue weighted by atomic mass is 10.2. The molecule has 3 nitrogen and oxygen atoms in total. The van der Waals surface area contributed by atoms with E-state index >= 15 is 0 Å². The minimum atomic E-state index is -0.943. The molecule has 98 valence electrons. The highest BCUT2D eigenvalue weighted by Gasteiger charge is 2.18. The predicted molar refractivity (Wildman–Crippen MR) is 73.9 cm³/mol. The Morgan fingerprint density at radius 1 is 1.11 bits per heavy atom. The van der Waals surface area contributed by atoms with E-state index in [2.05, 4.69) is 42.2 Å². The molecule has 0 saturated carbocycles. The number of aromatic nitrogens is 1. The first-order valence-corrected chi connectivity index (χ1v) is 6.63. The Bertz CT molecular complexity index is 609. The van der Waals surface area contributed by atoms with Crippen molar-refractivity contribution in [3.63, 3.8) is 0 Å². The fraction of sp³-hybridized carbons (Fsp3) is 0. The molecule has 0 spiro atoms. The number of nitrogens with one attached hydrogen (secondary N) is 1. The summed E-state index contributed by atoms with van der Waals surface area (Å²) in [6.45, 7) is 0. The zero-order valence-electron chi connectivity index (χ0n) is 9.25. The first kappa shape index (κ1) is 14.1. The molecule has 7 heteroatoms. The van der Waals surface area contributed by atoms with E-state index in [0.717, 1.165) is 16.6 Å². The van der Waals surface area contributed by atoms with Crippen molar-refractivity contribution < 1.29 is 13.6 Å². The van der Waals surface area contributed by atoms with Crippen molar-refractivity contribution in [2.45, 2.75) is 0 Å². The van der Waals surface area contributed by atoms with Gasteiger partial charge in [0.1, 0.15) is 23.0 Å². The lowest BCUT2D eigenvalue weighted by Crippen LogP contribution is -2.16. The number of amides is 1. The maximum atomic E-state index is 13.6. The van der Waals surface area contributed by atoms with Crippen LogP contribution in [0, 0.1) is 11.6 Å². The third kappa shape index (κ3) is 3.36. The van der Waals surface area contributed by atoms with Gasteiger partial charge >= 0.3 is 0 Å². The van der Waals surface area contributed by atoms with Crippen LogP contribution in [0.25, 0.3) is 0 Å². The second-order valence-corrected chi connectivity index (χ2v) is 5.39. The standard InChI is InChI=1S/C12H6Br2F2N2O/c13-6-1-2-10(17-5-6)18-12(19)11-8(15)3-7(14)4-9(11)16/h1-5H,(H,17,18,19). The van der Waals surface area contributed by atoms with Crippen LogP contribution in [-0.2, 0) is 0 Å². The molecule has 0 bridgehead atoms. The van der Waals surface area contributed by atoms with Gasteiger partial charge in [-0.15, -0.1) is 0 Å². The Morgan fingerprint density at radius 3 is 2.26 bits per heavy atom. The molecule has 0 saturated heterocycles. The van der Waals surface area contributed by atoms with Crippen molar-refractivity contribution in [2.24, 2.45) is 0 Å². The van der Waals surface area contributed by atoms with Crippen LogP contribution < -0.4 is 5.32 Å². The van der Waals surface area contributed by atoms with E-state index in [1.165, 1.54) is 12.3 Å². The molecule has 1 heterocycles. The molecule has 2 aromatic rings. The van der Waals surface area contributed by atoms with Gasteiger partial charge < -0.3 is 5.32 Å². The van der Waals surface area contributed by atoms with Gasteiger partial charge in [0, 0.05) is 15.1 Å². The Balaban J connectivity index is 2.28. The lowest BCUT2D eigenvalue weighted by molar-refractivity contribution is 0.101. The molecule has 0 radical (unpaired) electrons.